The van der Waals surface area contributed by atoms with Crippen LogP contribution in [0, 0.1) is 0 Å². The van der Waals surface area contributed by atoms with Crippen LogP contribution in [0.2, 0.25) is 0 Å². The molecule has 0 bridgehead atoms. The van der Waals surface area contributed by atoms with Crippen molar-refractivity contribution < 1.29 is 5.11 Å². The molecule has 0 saturated carbocycles. The largest absolute Gasteiger partial charge is 0.508 e. The van der Waals surface area contributed by atoms with E-state index in [0.717, 1.165) is 11.1 Å². The van der Waals surface area contributed by atoms with E-state index in [1.165, 1.54) is 0 Å². The molecule has 0 radical (unpaired) electrons. The fourth-order valence-electron chi connectivity index (χ4n) is 1.78. The quantitative estimate of drug-likeness (QED) is 0.793. The molecule has 1 unspecified atom stereocenters. The molecule has 1 aromatic rings. The molecule has 1 aliphatic rings. The van der Waals surface area contributed by atoms with Crippen LogP contribution in [0.4, 0.5) is 0 Å². The van der Waals surface area contributed by atoms with E-state index in [1.807, 2.05) is 48.6 Å². The molecule has 16 heavy (non-hydrogen) atoms. The highest BCUT2D eigenvalue weighted by Gasteiger charge is 2.14. The van der Waals surface area contributed by atoms with Crippen molar-refractivity contribution in [1.29, 1.82) is 0 Å². The van der Waals surface area contributed by atoms with Gasteiger partial charge in [-0.05, 0) is 23.6 Å². The van der Waals surface area contributed by atoms with Crippen LogP contribution < -0.4 is 5.73 Å². The van der Waals surface area contributed by atoms with E-state index in [1.54, 1.807) is 6.08 Å². The average Bonchev–Trinajstić information content (AvgIpc) is 2.54. The van der Waals surface area contributed by atoms with Crippen molar-refractivity contribution in [3.05, 3.63) is 71.5 Å². The van der Waals surface area contributed by atoms with Gasteiger partial charge in [0.05, 0.1) is 6.04 Å². The second-order valence-electron chi connectivity index (χ2n) is 3.79. The van der Waals surface area contributed by atoms with Gasteiger partial charge in [-0.25, -0.2) is 0 Å². The maximum absolute atomic E-state index is 9.85. The predicted octanol–water partition coefficient (Wildman–Crippen LogP) is 3.01. The minimum atomic E-state index is -0.242. The molecule has 0 fully saturated rings. The van der Waals surface area contributed by atoms with Crippen molar-refractivity contribution in [1.82, 2.24) is 0 Å². The number of nitrogens with two attached hydrogens (primary N) is 1. The Morgan fingerprint density at radius 2 is 1.88 bits per heavy atom. The second kappa shape index (κ2) is 4.81. The summed E-state index contributed by atoms with van der Waals surface area (Å²) in [7, 11) is 0. The number of benzene rings is 1. The topological polar surface area (TPSA) is 46.2 Å². The number of hydrogen-bond donors (Lipinski definition) is 2. The number of allylic oxidation sites excluding steroid dienone is 4. The highest BCUT2D eigenvalue weighted by atomic mass is 16.3. The zero-order valence-corrected chi connectivity index (χ0v) is 9.01. The summed E-state index contributed by atoms with van der Waals surface area (Å²) in [6.45, 7) is 0. The third kappa shape index (κ3) is 2.23. The first-order valence-corrected chi connectivity index (χ1v) is 5.35. The lowest BCUT2D eigenvalue weighted by atomic mass is 9.96. The maximum Gasteiger partial charge on any atom is 0.116 e. The molecule has 3 N–H and O–H groups in total. The Labute approximate surface area is 95.4 Å². The van der Waals surface area contributed by atoms with Crippen molar-refractivity contribution in [2.75, 3.05) is 0 Å². The second-order valence-corrected chi connectivity index (χ2v) is 3.79. The fourth-order valence-corrected chi connectivity index (χ4v) is 1.78. The Kier molecular flexibility index (Phi) is 3.22. The van der Waals surface area contributed by atoms with E-state index in [9.17, 15) is 5.11 Å². The molecule has 0 amide bonds. The molecule has 0 aliphatic heterocycles. The predicted molar refractivity (Wildman–Crippen MR) is 65.9 cm³/mol. The number of aliphatic hydroxyl groups is 1. The Morgan fingerprint density at radius 3 is 2.62 bits per heavy atom. The fraction of sp³-hybridized carbons (Fsp3) is 0.143. The van der Waals surface area contributed by atoms with Gasteiger partial charge in [0, 0.05) is 0 Å². The lowest BCUT2D eigenvalue weighted by molar-refractivity contribution is 0.418. The highest BCUT2D eigenvalue weighted by Crippen LogP contribution is 2.25. The highest BCUT2D eigenvalue weighted by molar-refractivity contribution is 5.35. The van der Waals surface area contributed by atoms with Gasteiger partial charge in [0.15, 0.2) is 0 Å². The van der Waals surface area contributed by atoms with Gasteiger partial charge in [-0.15, -0.1) is 0 Å². The molecule has 0 aromatic heterocycles. The molecule has 0 saturated heterocycles. The Balaban J connectivity index is 2.31. The van der Waals surface area contributed by atoms with Crippen LogP contribution in [0.1, 0.15) is 18.0 Å². The Morgan fingerprint density at radius 1 is 1.12 bits per heavy atom. The van der Waals surface area contributed by atoms with E-state index < -0.39 is 0 Å². The summed E-state index contributed by atoms with van der Waals surface area (Å²) in [5.41, 5.74) is 8.02. The Hall–Kier alpha value is -1.80. The molecule has 2 heteroatoms. The van der Waals surface area contributed by atoms with Crippen molar-refractivity contribution in [2.24, 2.45) is 5.73 Å². The van der Waals surface area contributed by atoms with Crippen molar-refractivity contribution in [3.8, 4) is 0 Å². The molecule has 2 rings (SSSR count). The molecular weight excluding hydrogens is 198 g/mol. The van der Waals surface area contributed by atoms with Gasteiger partial charge in [-0.3, -0.25) is 0 Å². The van der Waals surface area contributed by atoms with Gasteiger partial charge >= 0.3 is 0 Å². The van der Waals surface area contributed by atoms with Crippen LogP contribution in [0.5, 0.6) is 0 Å². The van der Waals surface area contributed by atoms with Crippen molar-refractivity contribution in [3.63, 3.8) is 0 Å². The SMILES string of the molecule is NC(C1=C(O)C=CC=CC1)c1ccccc1. The molecule has 2 nitrogen and oxygen atoms in total. The summed E-state index contributed by atoms with van der Waals surface area (Å²) >= 11 is 0. The number of rotatable bonds is 2. The number of hydrogen-bond acceptors (Lipinski definition) is 2. The summed E-state index contributed by atoms with van der Waals surface area (Å²) in [6, 6.07) is 9.57. The zero-order valence-electron chi connectivity index (χ0n) is 9.01. The van der Waals surface area contributed by atoms with Gasteiger partial charge in [-0.2, -0.15) is 0 Å². The van der Waals surface area contributed by atoms with Crippen LogP contribution in [0.25, 0.3) is 0 Å². The molecular formula is C14H15NO. The molecule has 82 valence electrons. The molecule has 0 spiro atoms. The average molecular weight is 213 g/mol. The van der Waals surface area contributed by atoms with Crippen LogP contribution in [0.15, 0.2) is 66.0 Å². The molecule has 1 atom stereocenters. The van der Waals surface area contributed by atoms with Gasteiger partial charge in [0.1, 0.15) is 5.76 Å². The first kappa shape index (κ1) is 10.7. The van der Waals surface area contributed by atoms with E-state index >= 15 is 0 Å². The molecule has 0 heterocycles. The lowest BCUT2D eigenvalue weighted by Gasteiger charge is -2.15. The van der Waals surface area contributed by atoms with Gasteiger partial charge in [-0.1, -0.05) is 48.6 Å². The van der Waals surface area contributed by atoms with E-state index in [0.29, 0.717) is 6.42 Å². The van der Waals surface area contributed by atoms with E-state index in [4.69, 9.17) is 5.73 Å². The summed E-state index contributed by atoms with van der Waals surface area (Å²) < 4.78 is 0. The summed E-state index contributed by atoms with van der Waals surface area (Å²) in [6.07, 6.45) is 8.11. The lowest BCUT2D eigenvalue weighted by Crippen LogP contribution is -2.14. The third-order valence-electron chi connectivity index (χ3n) is 2.70. The minimum Gasteiger partial charge on any atom is -0.508 e. The standard InChI is InChI=1S/C14H15NO/c15-14(11-7-3-1-4-8-11)12-9-5-2-6-10-13(12)16/h1-8,10,14,16H,9,15H2. The number of aliphatic hydroxyl groups excluding tert-OH is 1. The summed E-state index contributed by atoms with van der Waals surface area (Å²) in [5, 5.41) is 9.85. The zero-order chi connectivity index (χ0) is 11.4. The molecule has 1 aromatic carbocycles. The first-order chi connectivity index (χ1) is 7.79. The van der Waals surface area contributed by atoms with E-state index in [2.05, 4.69) is 0 Å². The summed E-state index contributed by atoms with van der Waals surface area (Å²) in [4.78, 5) is 0. The van der Waals surface area contributed by atoms with Gasteiger partial charge in [0.2, 0.25) is 0 Å². The Bertz CT molecular complexity index is 443. The van der Waals surface area contributed by atoms with Crippen LogP contribution in [-0.2, 0) is 0 Å². The van der Waals surface area contributed by atoms with Crippen LogP contribution in [0.3, 0.4) is 0 Å². The van der Waals surface area contributed by atoms with Gasteiger partial charge in [0.25, 0.3) is 0 Å². The molecule has 1 aliphatic carbocycles. The monoisotopic (exact) mass is 213 g/mol. The smallest absolute Gasteiger partial charge is 0.116 e. The third-order valence-corrected chi connectivity index (χ3v) is 2.70. The maximum atomic E-state index is 9.85. The van der Waals surface area contributed by atoms with Crippen LogP contribution >= 0.6 is 0 Å². The summed E-state index contributed by atoms with van der Waals surface area (Å²) in [5.74, 6) is 0.279. The van der Waals surface area contributed by atoms with Gasteiger partial charge < -0.3 is 10.8 Å². The van der Waals surface area contributed by atoms with Crippen LogP contribution in [-0.4, -0.2) is 5.11 Å². The van der Waals surface area contributed by atoms with Crippen molar-refractivity contribution in [2.45, 2.75) is 12.5 Å². The normalized spacial score (nSPS) is 17.3. The first-order valence-electron chi connectivity index (χ1n) is 5.35. The minimum absolute atomic E-state index is 0.242. The van der Waals surface area contributed by atoms with Crippen molar-refractivity contribution >= 4 is 0 Å². The van der Waals surface area contributed by atoms with E-state index in [-0.39, 0.29) is 11.8 Å².